The highest BCUT2D eigenvalue weighted by Crippen LogP contribution is 2.19. The van der Waals surface area contributed by atoms with Crippen LogP contribution in [0.4, 0.5) is 5.69 Å². The minimum Gasteiger partial charge on any atom is -0.330 e. The lowest BCUT2D eigenvalue weighted by atomic mass is 10.2. The molecule has 0 heterocycles. The van der Waals surface area contributed by atoms with Crippen molar-refractivity contribution < 1.29 is 9.59 Å². The van der Waals surface area contributed by atoms with Crippen LogP contribution in [0.1, 0.15) is 12.5 Å². The van der Waals surface area contributed by atoms with E-state index in [4.69, 9.17) is 0 Å². The second-order valence-corrected chi connectivity index (χ2v) is 5.05. The Morgan fingerprint density at radius 1 is 1.47 bits per heavy atom. The van der Waals surface area contributed by atoms with Crippen molar-refractivity contribution in [2.75, 3.05) is 18.4 Å². The van der Waals surface area contributed by atoms with Crippen LogP contribution in [0.25, 0.3) is 0 Å². The van der Waals surface area contributed by atoms with Crippen LogP contribution in [-0.4, -0.2) is 29.8 Å². The van der Waals surface area contributed by atoms with Gasteiger partial charge in [0.2, 0.25) is 11.8 Å². The summed E-state index contributed by atoms with van der Waals surface area (Å²) >= 11 is 3.40. The molecule has 1 aromatic rings. The third kappa shape index (κ3) is 4.87. The highest BCUT2D eigenvalue weighted by Gasteiger charge is 2.12. The maximum atomic E-state index is 11.8. The Labute approximate surface area is 121 Å². The first-order valence-corrected chi connectivity index (χ1v) is 6.65. The van der Waals surface area contributed by atoms with Gasteiger partial charge in [0.25, 0.3) is 0 Å². The minimum absolute atomic E-state index is 0.0243. The molecule has 0 atom stereocenters. The molecule has 0 bridgehead atoms. The summed E-state index contributed by atoms with van der Waals surface area (Å²) in [6.07, 6.45) is 1.60. The maximum absolute atomic E-state index is 11.8. The molecule has 0 saturated carbocycles. The molecule has 0 aliphatic heterocycles. The summed E-state index contributed by atoms with van der Waals surface area (Å²) in [6, 6.07) is 5.55. The van der Waals surface area contributed by atoms with Gasteiger partial charge in [-0.05, 0) is 30.7 Å². The lowest BCUT2D eigenvalue weighted by Gasteiger charge is -2.18. The van der Waals surface area contributed by atoms with E-state index in [2.05, 4.69) is 27.8 Å². The number of benzene rings is 1. The van der Waals surface area contributed by atoms with Crippen molar-refractivity contribution in [1.29, 1.82) is 0 Å². The van der Waals surface area contributed by atoms with Crippen LogP contribution in [0.5, 0.6) is 0 Å². The molecule has 1 rings (SSSR count). The third-order valence-corrected chi connectivity index (χ3v) is 3.46. The van der Waals surface area contributed by atoms with Crippen LogP contribution in [0.2, 0.25) is 0 Å². The smallest absolute Gasteiger partial charge is 0.244 e. The van der Waals surface area contributed by atoms with E-state index < -0.39 is 0 Å². The highest BCUT2D eigenvalue weighted by atomic mass is 79.9. The quantitative estimate of drug-likeness (QED) is 0.846. The average Bonchev–Trinajstić information content (AvgIpc) is 2.33. The number of hydrogen-bond donors (Lipinski definition) is 1. The van der Waals surface area contributed by atoms with Gasteiger partial charge in [0.05, 0.1) is 0 Å². The Bertz CT molecular complexity index is 500. The zero-order valence-corrected chi connectivity index (χ0v) is 12.7. The van der Waals surface area contributed by atoms with Crippen molar-refractivity contribution in [1.82, 2.24) is 4.90 Å². The van der Waals surface area contributed by atoms with E-state index in [1.54, 1.807) is 12.1 Å². The molecule has 0 aliphatic carbocycles. The van der Waals surface area contributed by atoms with Crippen LogP contribution in [0.3, 0.4) is 0 Å². The topological polar surface area (TPSA) is 49.4 Å². The largest absolute Gasteiger partial charge is 0.330 e. The van der Waals surface area contributed by atoms with Crippen LogP contribution in [-0.2, 0) is 9.59 Å². The van der Waals surface area contributed by atoms with Gasteiger partial charge in [-0.25, -0.2) is 0 Å². The molecular weight excluding hydrogens is 308 g/mol. The number of rotatable bonds is 5. The Morgan fingerprint density at radius 3 is 2.68 bits per heavy atom. The molecule has 0 aliphatic rings. The number of anilines is 1. The van der Waals surface area contributed by atoms with Gasteiger partial charge in [-0.1, -0.05) is 22.0 Å². The summed E-state index contributed by atoms with van der Waals surface area (Å²) in [6.45, 7) is 7.33. The number of nitrogens with zero attached hydrogens (tertiary/aromatic N) is 1. The summed E-state index contributed by atoms with van der Waals surface area (Å²) in [4.78, 5) is 24.6. The lowest BCUT2D eigenvalue weighted by Crippen LogP contribution is -2.36. The van der Waals surface area contributed by atoms with E-state index in [1.165, 1.54) is 11.8 Å². The van der Waals surface area contributed by atoms with Crippen molar-refractivity contribution in [3.8, 4) is 0 Å². The molecule has 5 heteroatoms. The van der Waals surface area contributed by atoms with E-state index in [9.17, 15) is 9.59 Å². The molecule has 0 unspecified atom stereocenters. The molecule has 0 aromatic heterocycles. The zero-order chi connectivity index (χ0) is 14.4. The fraction of sp³-hybridized carbons (Fsp3) is 0.286. The number of aryl methyl sites for hydroxylation is 1. The second-order valence-electron chi connectivity index (χ2n) is 4.20. The highest BCUT2D eigenvalue weighted by molar-refractivity contribution is 9.10. The number of halogens is 1. The Balaban J connectivity index is 2.65. The van der Waals surface area contributed by atoms with Crippen molar-refractivity contribution in [2.24, 2.45) is 0 Å². The third-order valence-electron chi connectivity index (χ3n) is 2.57. The summed E-state index contributed by atoms with van der Waals surface area (Å²) in [5.41, 5.74) is 1.75. The molecule has 2 amide bonds. The van der Waals surface area contributed by atoms with Gasteiger partial charge in [-0.15, -0.1) is 6.58 Å². The fourth-order valence-corrected chi connectivity index (χ4v) is 1.80. The number of carbonyl (C=O) groups excluding carboxylic acids is 2. The first-order chi connectivity index (χ1) is 8.93. The van der Waals surface area contributed by atoms with Crippen molar-refractivity contribution in [3.05, 3.63) is 40.9 Å². The zero-order valence-electron chi connectivity index (χ0n) is 11.1. The van der Waals surface area contributed by atoms with Crippen LogP contribution in [0, 0.1) is 6.92 Å². The monoisotopic (exact) mass is 324 g/mol. The van der Waals surface area contributed by atoms with Gasteiger partial charge in [0.15, 0.2) is 0 Å². The number of hydrogen-bond acceptors (Lipinski definition) is 2. The standard InChI is InChI=1S/C14H17BrN2O2/c1-4-7-17(11(3)18)9-14(19)16-12-5-6-13(15)10(2)8-12/h4-6,8H,1,7,9H2,2-3H3,(H,16,19). The molecule has 4 nitrogen and oxygen atoms in total. The lowest BCUT2D eigenvalue weighted by molar-refractivity contribution is -0.132. The van der Waals surface area contributed by atoms with E-state index in [0.717, 1.165) is 10.0 Å². The summed E-state index contributed by atoms with van der Waals surface area (Å²) in [5.74, 6) is -0.374. The number of nitrogens with one attached hydrogen (secondary N) is 1. The predicted octanol–water partition coefficient (Wildman–Crippen LogP) is 2.73. The van der Waals surface area contributed by atoms with E-state index in [0.29, 0.717) is 12.2 Å². The van der Waals surface area contributed by atoms with Gasteiger partial charge in [-0.3, -0.25) is 9.59 Å². The SMILES string of the molecule is C=CCN(CC(=O)Nc1ccc(Br)c(C)c1)C(C)=O. The molecule has 1 N–H and O–H groups in total. The maximum Gasteiger partial charge on any atom is 0.244 e. The summed E-state index contributed by atoms with van der Waals surface area (Å²) < 4.78 is 0.988. The van der Waals surface area contributed by atoms with Gasteiger partial charge in [-0.2, -0.15) is 0 Å². The minimum atomic E-state index is -0.223. The molecule has 102 valence electrons. The summed E-state index contributed by atoms with van der Waals surface area (Å²) in [5, 5.41) is 2.77. The van der Waals surface area contributed by atoms with Crippen LogP contribution in [0.15, 0.2) is 35.3 Å². The van der Waals surface area contributed by atoms with Crippen molar-refractivity contribution in [3.63, 3.8) is 0 Å². The Hall–Kier alpha value is -1.62. The van der Waals surface area contributed by atoms with Gasteiger partial charge in [0, 0.05) is 23.6 Å². The van der Waals surface area contributed by atoms with E-state index in [-0.39, 0.29) is 18.4 Å². The molecule has 0 fully saturated rings. The normalized spacial score (nSPS) is 9.84. The Kier molecular flexibility index (Phi) is 5.76. The first kappa shape index (κ1) is 15.4. The van der Waals surface area contributed by atoms with Gasteiger partial charge in [0.1, 0.15) is 6.54 Å². The molecule has 0 saturated heterocycles. The van der Waals surface area contributed by atoms with Crippen LogP contribution < -0.4 is 5.32 Å². The van der Waals surface area contributed by atoms with Crippen molar-refractivity contribution in [2.45, 2.75) is 13.8 Å². The van der Waals surface area contributed by atoms with Gasteiger partial charge >= 0.3 is 0 Å². The van der Waals surface area contributed by atoms with Crippen molar-refractivity contribution >= 4 is 33.4 Å². The van der Waals surface area contributed by atoms with E-state index in [1.807, 2.05) is 19.1 Å². The van der Waals surface area contributed by atoms with E-state index >= 15 is 0 Å². The first-order valence-electron chi connectivity index (χ1n) is 5.86. The average molecular weight is 325 g/mol. The number of carbonyl (C=O) groups is 2. The van der Waals surface area contributed by atoms with Crippen LogP contribution >= 0.6 is 15.9 Å². The predicted molar refractivity (Wildman–Crippen MR) is 80.0 cm³/mol. The molecule has 1 aromatic carbocycles. The molecule has 0 radical (unpaired) electrons. The summed E-state index contributed by atoms with van der Waals surface area (Å²) in [7, 11) is 0. The molecule has 0 spiro atoms. The second kappa shape index (κ2) is 7.09. The number of amides is 2. The fourth-order valence-electron chi connectivity index (χ4n) is 1.56. The Morgan fingerprint density at radius 2 is 2.16 bits per heavy atom. The molecular formula is C14H17BrN2O2. The molecule has 19 heavy (non-hydrogen) atoms. The van der Waals surface area contributed by atoms with Gasteiger partial charge < -0.3 is 10.2 Å².